The van der Waals surface area contributed by atoms with Crippen molar-refractivity contribution >= 4 is 17.6 Å². The molecule has 0 fully saturated rings. The number of carboxylic acids is 1. The first-order chi connectivity index (χ1) is 13.0. The van der Waals surface area contributed by atoms with Crippen LogP contribution in [-0.4, -0.2) is 17.0 Å². The van der Waals surface area contributed by atoms with Gasteiger partial charge in [0, 0.05) is 11.6 Å². The minimum atomic E-state index is -1.13. The van der Waals surface area contributed by atoms with Crippen molar-refractivity contribution < 1.29 is 19.4 Å². The van der Waals surface area contributed by atoms with E-state index in [1.807, 2.05) is 32.0 Å². The van der Waals surface area contributed by atoms with Crippen LogP contribution in [0, 0.1) is 13.8 Å². The van der Waals surface area contributed by atoms with E-state index in [-0.39, 0.29) is 17.2 Å². The lowest BCUT2D eigenvalue weighted by molar-refractivity contribution is 0.0698. The Labute approximate surface area is 157 Å². The number of carboxylic acid groups (broad SMARTS) is 1. The second-order valence-corrected chi connectivity index (χ2v) is 6.13. The summed E-state index contributed by atoms with van der Waals surface area (Å²) in [6.45, 7) is 3.94. The number of benzene rings is 3. The number of rotatable bonds is 5. The van der Waals surface area contributed by atoms with Gasteiger partial charge in [-0.2, -0.15) is 0 Å². The van der Waals surface area contributed by atoms with E-state index < -0.39 is 5.97 Å². The molecular formula is C22H19NO4. The number of ether oxygens (including phenoxy) is 1. The molecule has 0 saturated carbocycles. The lowest BCUT2D eigenvalue weighted by Gasteiger charge is -2.13. The van der Waals surface area contributed by atoms with E-state index in [0.717, 1.165) is 11.1 Å². The zero-order valence-electron chi connectivity index (χ0n) is 15.0. The molecule has 0 spiro atoms. The number of anilines is 1. The second kappa shape index (κ2) is 7.74. The zero-order chi connectivity index (χ0) is 19.4. The molecule has 0 unspecified atom stereocenters. The van der Waals surface area contributed by atoms with E-state index in [2.05, 4.69) is 5.32 Å². The Morgan fingerprint density at radius 1 is 0.926 bits per heavy atom. The van der Waals surface area contributed by atoms with Gasteiger partial charge in [0.25, 0.3) is 5.91 Å². The van der Waals surface area contributed by atoms with Gasteiger partial charge in [0.15, 0.2) is 0 Å². The van der Waals surface area contributed by atoms with Crippen molar-refractivity contribution in [2.45, 2.75) is 13.8 Å². The second-order valence-electron chi connectivity index (χ2n) is 6.13. The van der Waals surface area contributed by atoms with Gasteiger partial charge in [0.1, 0.15) is 11.5 Å². The van der Waals surface area contributed by atoms with E-state index in [9.17, 15) is 14.7 Å². The SMILES string of the molecule is Cc1cccc(Oc2ccc(C(=O)O)c(NC(=O)c3ccccc3)c2)c1C. The van der Waals surface area contributed by atoms with Crippen LogP contribution in [0.1, 0.15) is 31.8 Å². The fourth-order valence-corrected chi connectivity index (χ4v) is 2.62. The molecular weight excluding hydrogens is 342 g/mol. The van der Waals surface area contributed by atoms with Crippen LogP contribution in [-0.2, 0) is 0 Å². The summed E-state index contributed by atoms with van der Waals surface area (Å²) < 4.78 is 5.91. The summed E-state index contributed by atoms with van der Waals surface area (Å²) in [5, 5.41) is 12.1. The predicted molar refractivity (Wildman–Crippen MR) is 104 cm³/mol. The first kappa shape index (κ1) is 18.2. The highest BCUT2D eigenvalue weighted by Gasteiger charge is 2.15. The molecule has 3 aromatic rings. The quantitative estimate of drug-likeness (QED) is 0.667. The maximum Gasteiger partial charge on any atom is 0.337 e. The highest BCUT2D eigenvalue weighted by Crippen LogP contribution is 2.30. The summed E-state index contributed by atoms with van der Waals surface area (Å²) in [7, 11) is 0. The van der Waals surface area contributed by atoms with Gasteiger partial charge in [-0.25, -0.2) is 4.79 Å². The zero-order valence-corrected chi connectivity index (χ0v) is 15.0. The van der Waals surface area contributed by atoms with Crippen molar-refractivity contribution in [1.29, 1.82) is 0 Å². The fourth-order valence-electron chi connectivity index (χ4n) is 2.62. The van der Waals surface area contributed by atoms with Gasteiger partial charge in [-0.1, -0.05) is 30.3 Å². The molecule has 2 N–H and O–H groups in total. The molecule has 5 nitrogen and oxygen atoms in total. The van der Waals surface area contributed by atoms with Crippen LogP contribution in [0.2, 0.25) is 0 Å². The maximum atomic E-state index is 12.4. The number of amides is 1. The van der Waals surface area contributed by atoms with Crippen molar-refractivity contribution in [1.82, 2.24) is 0 Å². The van der Waals surface area contributed by atoms with Crippen LogP contribution in [0.15, 0.2) is 66.7 Å². The lowest BCUT2D eigenvalue weighted by Crippen LogP contribution is -2.14. The summed E-state index contributed by atoms with van der Waals surface area (Å²) in [4.78, 5) is 23.9. The van der Waals surface area contributed by atoms with Gasteiger partial charge in [-0.3, -0.25) is 4.79 Å². The van der Waals surface area contributed by atoms with Crippen molar-refractivity contribution in [2.75, 3.05) is 5.32 Å². The number of aromatic carboxylic acids is 1. The topological polar surface area (TPSA) is 75.6 Å². The lowest BCUT2D eigenvalue weighted by atomic mass is 10.1. The molecule has 0 bridgehead atoms. The molecule has 1 amide bonds. The van der Waals surface area contributed by atoms with Crippen molar-refractivity contribution in [3.05, 3.63) is 89.0 Å². The highest BCUT2D eigenvalue weighted by molar-refractivity contribution is 6.07. The third-order valence-electron chi connectivity index (χ3n) is 4.29. The number of aryl methyl sites for hydroxylation is 1. The summed E-state index contributed by atoms with van der Waals surface area (Å²) >= 11 is 0. The maximum absolute atomic E-state index is 12.4. The van der Waals surface area contributed by atoms with E-state index in [4.69, 9.17) is 4.74 Å². The van der Waals surface area contributed by atoms with Crippen LogP contribution in [0.3, 0.4) is 0 Å². The molecule has 0 aliphatic heterocycles. The molecule has 3 rings (SSSR count). The Kier molecular flexibility index (Phi) is 5.22. The third kappa shape index (κ3) is 4.15. The minimum Gasteiger partial charge on any atom is -0.478 e. The van der Waals surface area contributed by atoms with Crippen LogP contribution in [0.4, 0.5) is 5.69 Å². The monoisotopic (exact) mass is 361 g/mol. The first-order valence-corrected chi connectivity index (χ1v) is 8.43. The van der Waals surface area contributed by atoms with Crippen LogP contribution in [0.5, 0.6) is 11.5 Å². The smallest absolute Gasteiger partial charge is 0.337 e. The van der Waals surface area contributed by atoms with Crippen LogP contribution in [0.25, 0.3) is 0 Å². The Balaban J connectivity index is 1.92. The number of hydrogen-bond acceptors (Lipinski definition) is 3. The molecule has 27 heavy (non-hydrogen) atoms. The van der Waals surface area contributed by atoms with E-state index in [0.29, 0.717) is 17.1 Å². The molecule has 0 saturated heterocycles. The summed E-state index contributed by atoms with van der Waals surface area (Å²) in [5.74, 6) is -0.394. The molecule has 0 aliphatic carbocycles. The first-order valence-electron chi connectivity index (χ1n) is 8.43. The number of carbonyl (C=O) groups excluding carboxylic acids is 1. The summed E-state index contributed by atoms with van der Waals surface area (Å²) in [6.07, 6.45) is 0. The minimum absolute atomic E-state index is 0.00686. The Morgan fingerprint density at radius 3 is 2.37 bits per heavy atom. The molecule has 0 heterocycles. The van der Waals surface area contributed by atoms with E-state index in [1.54, 1.807) is 36.4 Å². The van der Waals surface area contributed by atoms with Gasteiger partial charge >= 0.3 is 5.97 Å². The standard InChI is InChI=1S/C22H19NO4/c1-14-7-6-10-20(15(14)2)27-17-11-12-18(22(25)26)19(13-17)23-21(24)16-8-4-3-5-9-16/h3-13H,1-2H3,(H,23,24)(H,25,26). The third-order valence-corrected chi connectivity index (χ3v) is 4.29. The normalized spacial score (nSPS) is 10.3. The molecule has 5 heteroatoms. The molecule has 0 aliphatic rings. The van der Waals surface area contributed by atoms with Crippen LogP contribution >= 0.6 is 0 Å². The summed E-state index contributed by atoms with van der Waals surface area (Å²) in [6, 6.07) is 18.8. The fraction of sp³-hybridized carbons (Fsp3) is 0.0909. The van der Waals surface area contributed by atoms with Gasteiger partial charge < -0.3 is 15.2 Å². The number of hydrogen-bond donors (Lipinski definition) is 2. The molecule has 0 atom stereocenters. The predicted octanol–water partition coefficient (Wildman–Crippen LogP) is 5.05. The van der Waals surface area contributed by atoms with Gasteiger partial charge in [-0.15, -0.1) is 0 Å². The van der Waals surface area contributed by atoms with Gasteiger partial charge in [-0.05, 0) is 55.3 Å². The molecule has 136 valence electrons. The number of carbonyl (C=O) groups is 2. The molecule has 0 aromatic heterocycles. The Hall–Kier alpha value is -3.60. The van der Waals surface area contributed by atoms with Crippen molar-refractivity contribution in [3.8, 4) is 11.5 Å². The average Bonchev–Trinajstić information content (AvgIpc) is 2.66. The number of nitrogens with one attached hydrogen (secondary N) is 1. The van der Waals surface area contributed by atoms with Gasteiger partial charge in [0.05, 0.1) is 11.3 Å². The van der Waals surface area contributed by atoms with Crippen LogP contribution < -0.4 is 10.1 Å². The van der Waals surface area contributed by atoms with Gasteiger partial charge in [0.2, 0.25) is 0 Å². The highest BCUT2D eigenvalue weighted by atomic mass is 16.5. The van der Waals surface area contributed by atoms with Crippen molar-refractivity contribution in [3.63, 3.8) is 0 Å². The Morgan fingerprint density at radius 2 is 1.67 bits per heavy atom. The largest absolute Gasteiger partial charge is 0.478 e. The van der Waals surface area contributed by atoms with E-state index in [1.165, 1.54) is 12.1 Å². The Bertz CT molecular complexity index is 996. The molecule has 3 aromatic carbocycles. The van der Waals surface area contributed by atoms with Crippen molar-refractivity contribution in [2.24, 2.45) is 0 Å². The van der Waals surface area contributed by atoms with E-state index >= 15 is 0 Å². The average molecular weight is 361 g/mol. The summed E-state index contributed by atoms with van der Waals surface area (Å²) in [5.41, 5.74) is 2.70. The molecule has 0 radical (unpaired) electrons.